The quantitative estimate of drug-likeness (QED) is 0.682. The van der Waals surface area contributed by atoms with Gasteiger partial charge in [0.2, 0.25) is 0 Å². The normalized spacial score (nSPS) is 10.5. The van der Waals surface area contributed by atoms with Gasteiger partial charge in [0, 0.05) is 5.56 Å². The van der Waals surface area contributed by atoms with Crippen LogP contribution in [0, 0.1) is 0 Å². The van der Waals surface area contributed by atoms with Gasteiger partial charge < -0.3 is 0 Å². The van der Waals surface area contributed by atoms with Crippen molar-refractivity contribution < 1.29 is 0 Å². The summed E-state index contributed by atoms with van der Waals surface area (Å²) in [6.45, 7) is 0. The van der Waals surface area contributed by atoms with Gasteiger partial charge in [-0.1, -0.05) is 47.7 Å². The third-order valence-corrected chi connectivity index (χ3v) is 4.19. The predicted octanol–water partition coefficient (Wildman–Crippen LogP) is 3.93. The van der Waals surface area contributed by atoms with E-state index in [0.29, 0.717) is 0 Å². The van der Waals surface area contributed by atoms with E-state index in [1.54, 1.807) is 22.7 Å². The minimum atomic E-state index is 0.976. The fraction of sp³-hybridized carbons (Fsp3) is 0. The lowest BCUT2D eigenvalue weighted by molar-refractivity contribution is 1.10. The van der Waals surface area contributed by atoms with Gasteiger partial charge in [-0.3, -0.25) is 0 Å². The number of aromatic nitrogens is 2. The van der Waals surface area contributed by atoms with E-state index in [1.807, 2.05) is 24.3 Å². The van der Waals surface area contributed by atoms with Crippen molar-refractivity contribution in [3.63, 3.8) is 0 Å². The van der Waals surface area contributed by atoms with Crippen molar-refractivity contribution in [3.8, 4) is 20.5 Å². The van der Waals surface area contributed by atoms with Gasteiger partial charge in [-0.15, -0.1) is 21.5 Å². The van der Waals surface area contributed by atoms with E-state index in [1.165, 1.54) is 4.88 Å². The Morgan fingerprint density at radius 2 is 1.62 bits per heavy atom. The van der Waals surface area contributed by atoms with Gasteiger partial charge in [-0.2, -0.15) is 0 Å². The summed E-state index contributed by atoms with van der Waals surface area (Å²) in [4.78, 5) is 1.18. The van der Waals surface area contributed by atoms with Gasteiger partial charge in [0.1, 0.15) is 5.01 Å². The van der Waals surface area contributed by atoms with Gasteiger partial charge in [0.15, 0.2) is 5.01 Å². The molecule has 3 rings (SSSR count). The molecular formula is C12H8N2S2. The van der Waals surface area contributed by atoms with Crippen LogP contribution in [0.25, 0.3) is 20.5 Å². The molecule has 4 heteroatoms. The maximum atomic E-state index is 4.22. The van der Waals surface area contributed by atoms with Crippen LogP contribution >= 0.6 is 22.7 Å². The zero-order valence-corrected chi connectivity index (χ0v) is 9.96. The average Bonchev–Trinajstić information content (AvgIpc) is 3.01. The van der Waals surface area contributed by atoms with Gasteiger partial charge in [0.25, 0.3) is 0 Å². The lowest BCUT2D eigenvalue weighted by Gasteiger charge is -1.91. The second-order valence-electron chi connectivity index (χ2n) is 3.26. The number of rotatable bonds is 2. The van der Waals surface area contributed by atoms with Crippen molar-refractivity contribution >= 4 is 22.7 Å². The third-order valence-electron chi connectivity index (χ3n) is 2.18. The Morgan fingerprint density at radius 1 is 0.812 bits per heavy atom. The lowest BCUT2D eigenvalue weighted by atomic mass is 10.2. The number of hydrogen-bond donors (Lipinski definition) is 0. The Labute approximate surface area is 101 Å². The first-order valence-corrected chi connectivity index (χ1v) is 6.56. The van der Waals surface area contributed by atoms with E-state index in [4.69, 9.17) is 0 Å². The van der Waals surface area contributed by atoms with Crippen LogP contribution in [0.3, 0.4) is 0 Å². The molecule has 0 aliphatic rings. The van der Waals surface area contributed by atoms with Crippen LogP contribution in [0.1, 0.15) is 0 Å². The lowest BCUT2D eigenvalue weighted by Crippen LogP contribution is -1.74. The molecule has 0 unspecified atom stereocenters. The molecule has 0 bridgehead atoms. The van der Waals surface area contributed by atoms with Crippen molar-refractivity contribution in [1.29, 1.82) is 0 Å². The molecule has 2 aromatic heterocycles. The maximum absolute atomic E-state index is 4.22. The summed E-state index contributed by atoms with van der Waals surface area (Å²) in [6.07, 6.45) is 0. The third kappa shape index (κ3) is 1.77. The highest BCUT2D eigenvalue weighted by Crippen LogP contribution is 2.31. The van der Waals surface area contributed by atoms with Gasteiger partial charge in [0.05, 0.1) is 4.88 Å². The molecule has 0 atom stereocenters. The molecule has 0 radical (unpaired) electrons. The zero-order chi connectivity index (χ0) is 10.8. The first kappa shape index (κ1) is 9.69. The summed E-state index contributed by atoms with van der Waals surface area (Å²) < 4.78 is 0. The van der Waals surface area contributed by atoms with E-state index in [0.717, 1.165) is 15.6 Å². The molecule has 0 spiro atoms. The molecular weight excluding hydrogens is 236 g/mol. The van der Waals surface area contributed by atoms with Gasteiger partial charge in [-0.25, -0.2) is 0 Å². The second kappa shape index (κ2) is 4.15. The van der Waals surface area contributed by atoms with E-state index in [2.05, 4.69) is 33.8 Å². The summed E-state index contributed by atoms with van der Waals surface area (Å²) in [5.41, 5.74) is 1.13. The van der Waals surface area contributed by atoms with Crippen molar-refractivity contribution in [2.24, 2.45) is 0 Å². The number of hydrogen-bond acceptors (Lipinski definition) is 4. The molecule has 0 amide bonds. The second-order valence-corrected chi connectivity index (χ2v) is 5.18. The summed E-state index contributed by atoms with van der Waals surface area (Å²) in [6, 6.07) is 14.2. The Hall–Kier alpha value is -1.52. The van der Waals surface area contributed by atoms with E-state index < -0.39 is 0 Å². The summed E-state index contributed by atoms with van der Waals surface area (Å²) in [7, 11) is 0. The van der Waals surface area contributed by atoms with Crippen molar-refractivity contribution in [2.45, 2.75) is 0 Å². The first-order valence-electron chi connectivity index (χ1n) is 4.86. The van der Waals surface area contributed by atoms with Crippen LogP contribution in [0.5, 0.6) is 0 Å². The van der Waals surface area contributed by atoms with Crippen LogP contribution in [0.2, 0.25) is 0 Å². The Balaban J connectivity index is 2.00. The Bertz CT molecular complexity index is 570. The molecule has 1 aromatic carbocycles. The van der Waals surface area contributed by atoms with Crippen molar-refractivity contribution in [2.75, 3.05) is 0 Å². The summed E-state index contributed by atoms with van der Waals surface area (Å²) in [5, 5.41) is 12.5. The molecule has 0 saturated heterocycles. The minimum absolute atomic E-state index is 0.976. The van der Waals surface area contributed by atoms with Crippen LogP contribution < -0.4 is 0 Å². The molecule has 2 heterocycles. The average molecular weight is 244 g/mol. The first-order chi connectivity index (χ1) is 7.93. The van der Waals surface area contributed by atoms with E-state index in [9.17, 15) is 0 Å². The molecule has 0 aliphatic carbocycles. The smallest absolute Gasteiger partial charge is 0.141 e. The van der Waals surface area contributed by atoms with Crippen LogP contribution in [0.4, 0.5) is 0 Å². The van der Waals surface area contributed by atoms with Crippen molar-refractivity contribution in [1.82, 2.24) is 10.2 Å². The van der Waals surface area contributed by atoms with Gasteiger partial charge >= 0.3 is 0 Å². The topological polar surface area (TPSA) is 25.8 Å². The molecule has 16 heavy (non-hydrogen) atoms. The van der Waals surface area contributed by atoms with Crippen LogP contribution in [-0.4, -0.2) is 10.2 Å². The Morgan fingerprint density at radius 3 is 2.38 bits per heavy atom. The van der Waals surface area contributed by atoms with E-state index in [-0.39, 0.29) is 0 Å². The summed E-state index contributed by atoms with van der Waals surface area (Å²) in [5.74, 6) is 0. The SMILES string of the molecule is c1ccc(-c2nnc(-c3cccs3)s2)cc1. The highest BCUT2D eigenvalue weighted by molar-refractivity contribution is 7.22. The zero-order valence-electron chi connectivity index (χ0n) is 8.33. The Kier molecular flexibility index (Phi) is 2.52. The maximum Gasteiger partial charge on any atom is 0.158 e. The monoisotopic (exact) mass is 244 g/mol. The molecule has 0 fully saturated rings. The molecule has 0 saturated carbocycles. The highest BCUT2D eigenvalue weighted by atomic mass is 32.1. The standard InChI is InChI=1S/C12H8N2S2/c1-2-5-9(6-3-1)11-13-14-12(16-11)10-7-4-8-15-10/h1-8H. The molecule has 78 valence electrons. The van der Waals surface area contributed by atoms with Crippen LogP contribution in [-0.2, 0) is 0 Å². The molecule has 0 aliphatic heterocycles. The van der Waals surface area contributed by atoms with Crippen molar-refractivity contribution in [3.05, 3.63) is 47.8 Å². The van der Waals surface area contributed by atoms with Gasteiger partial charge in [-0.05, 0) is 11.4 Å². The van der Waals surface area contributed by atoms with E-state index >= 15 is 0 Å². The number of benzene rings is 1. The fourth-order valence-corrected chi connectivity index (χ4v) is 3.06. The van der Waals surface area contributed by atoms with Crippen LogP contribution in [0.15, 0.2) is 47.8 Å². The molecule has 3 aromatic rings. The fourth-order valence-electron chi connectivity index (χ4n) is 1.42. The number of thiophene rings is 1. The highest BCUT2D eigenvalue weighted by Gasteiger charge is 2.08. The molecule has 0 N–H and O–H groups in total. The summed E-state index contributed by atoms with van der Waals surface area (Å²) >= 11 is 3.32. The number of nitrogens with zero attached hydrogens (tertiary/aromatic N) is 2. The minimum Gasteiger partial charge on any atom is -0.141 e. The largest absolute Gasteiger partial charge is 0.158 e. The predicted molar refractivity (Wildman–Crippen MR) is 68.7 cm³/mol. The molecule has 2 nitrogen and oxygen atoms in total.